The number of methoxy groups -OCH3 is 1. The molecule has 0 radical (unpaired) electrons. The first-order valence-electron chi connectivity index (χ1n) is 22.8. The fourth-order valence-electron chi connectivity index (χ4n) is 7.70. The Balaban J connectivity index is 0.964. The number of fused-ring (bicyclic) bond motifs is 2. The van der Waals surface area contributed by atoms with Crippen molar-refractivity contribution >= 4 is 165 Å². The van der Waals surface area contributed by atoms with Crippen molar-refractivity contribution in [1.29, 1.82) is 0 Å². The van der Waals surface area contributed by atoms with Crippen LogP contribution in [0.4, 0.5) is 68.4 Å². The molecule has 0 fully saturated rings. The summed E-state index contributed by atoms with van der Waals surface area (Å²) < 4.78 is 177. The summed E-state index contributed by atoms with van der Waals surface area (Å²) in [5.41, 5.74) is 5.22. The Morgan fingerprint density at radius 2 is 1.18 bits per heavy atom. The highest BCUT2D eigenvalue weighted by Crippen LogP contribution is 2.40. The summed E-state index contributed by atoms with van der Waals surface area (Å²) >= 11 is 12.5. The summed E-state index contributed by atoms with van der Waals surface area (Å²) in [6, 6.07) is 13.3. The number of amides is 2. The zero-order chi connectivity index (χ0) is 61.4. The molecule has 440 valence electrons. The molecule has 6 aromatic carbocycles. The number of nitrogens with one attached hydrogen (secondary N) is 5. The van der Waals surface area contributed by atoms with Crippen LogP contribution < -0.4 is 37.1 Å². The van der Waals surface area contributed by atoms with Gasteiger partial charge in [-0.1, -0.05) is 12.1 Å². The summed E-state index contributed by atoms with van der Waals surface area (Å²) in [7, 11) is -24.0. The Labute approximate surface area is 484 Å². The van der Waals surface area contributed by atoms with Gasteiger partial charge in [-0.05, 0) is 115 Å². The Hall–Kier alpha value is -8.54. The summed E-state index contributed by atoms with van der Waals surface area (Å²) in [6.07, 6.45) is 0. The lowest BCUT2D eigenvalue weighted by molar-refractivity contribution is 0.259. The summed E-state index contributed by atoms with van der Waals surface area (Å²) in [4.78, 5) is 32.7. The zero-order valence-corrected chi connectivity index (χ0v) is 47.9. The Morgan fingerprint density at radius 1 is 0.583 bits per heavy atom. The molecule has 0 saturated carbocycles. The summed E-state index contributed by atoms with van der Waals surface area (Å²) in [6.45, 7) is 3.45. The number of hydrogen-bond acceptors (Lipinski definition) is 26. The maximum Gasteiger partial charge on any atom is 0.316 e. The minimum atomic E-state index is -5.25. The van der Waals surface area contributed by atoms with Gasteiger partial charge in [0.05, 0.1) is 34.8 Å². The number of anilines is 7. The average molecular weight is 1290 g/mol. The van der Waals surface area contributed by atoms with Crippen molar-refractivity contribution in [3.63, 3.8) is 0 Å². The fraction of sp³-hybridized carbons (Fsp3) is 0.114. The minimum Gasteiger partial charge on any atom is -0.494 e. The van der Waals surface area contributed by atoms with Gasteiger partial charge >= 0.3 is 6.03 Å². The van der Waals surface area contributed by atoms with Crippen molar-refractivity contribution in [1.82, 2.24) is 29.9 Å². The number of benzene rings is 6. The van der Waals surface area contributed by atoms with Gasteiger partial charge in [0.1, 0.15) is 36.7 Å². The van der Waals surface area contributed by atoms with E-state index in [1.54, 1.807) is 19.9 Å². The number of ether oxygens (including phenoxy) is 1. The predicted molar refractivity (Wildman–Crippen MR) is 301 cm³/mol. The number of urea groups is 1. The van der Waals surface area contributed by atoms with Crippen LogP contribution >= 0.6 is 23.2 Å². The van der Waals surface area contributed by atoms with Crippen LogP contribution in [0.2, 0.25) is 10.6 Å². The SMILES string of the molecule is COc1cc(N=Nc2cc(S(=O)(=O)O)c3cccc(S(=O)(=O)O)c3c2)c(C)cc1Nc1nc(Cl)nc(NCC(C)Nc2nc(Cl)nc(Nc3ccc(N=Nc4cc5c(S(=O)(=O)O)cc(S(=O)(=O)O)cc5cc4S(=O)(=O)O)c(NC(N)=O)c3)n2)n1. The normalized spacial score (nSPS) is 12.9. The summed E-state index contributed by atoms with van der Waals surface area (Å²) in [5.74, 6) is -0.0511. The number of halogens is 2. The van der Waals surface area contributed by atoms with E-state index >= 15 is 0 Å². The van der Waals surface area contributed by atoms with Gasteiger partial charge in [-0.15, -0.1) is 10.2 Å². The molecule has 2 heterocycles. The van der Waals surface area contributed by atoms with Crippen LogP contribution in [0.1, 0.15) is 12.5 Å². The van der Waals surface area contributed by atoms with Crippen molar-refractivity contribution in [3.05, 3.63) is 101 Å². The quantitative estimate of drug-likeness (QED) is 0.0255. The molecule has 0 aliphatic heterocycles. The molecule has 1 unspecified atom stereocenters. The number of aryl methyl sites for hydroxylation is 1. The largest absolute Gasteiger partial charge is 0.494 e. The molecular weight excluding hydrogens is 1260 g/mol. The molecule has 0 spiro atoms. The summed E-state index contributed by atoms with van der Waals surface area (Å²) in [5, 5.41) is 28.2. The number of carbonyl (C=O) groups is 1. The van der Waals surface area contributed by atoms with Crippen molar-refractivity contribution in [3.8, 4) is 5.75 Å². The zero-order valence-electron chi connectivity index (χ0n) is 42.3. The molecule has 2 amide bonds. The standard InChI is InChI=1S/C44H38Cl2N16O17S5/c1-19-9-31(33(79-3)17-29(19)61-59-23-12-27-25(35(14-23)82(70,71)72)5-4-6-34(27)81(67,68)69)52-44-56-38(45)53-41(57-44)48-18-20(2)49-42-54-39(46)55-43(58-42)50-22-7-8-28(30(13-22)51-40(47)63)60-62-32-16-26-21(11-37(32)84(76,77)78)10-24(80(64,65)66)15-36(26)83(73,74)75/h4-17,20H,18H2,1-3H3,(H3,47,51,63)(H,64,65,66)(H,67,68,69)(H,70,71,72)(H,73,74,75)(H,76,77,78)(H2,48,52,53,56,57)(H2,49,50,54,55,58). The Bertz CT molecular complexity index is 4710. The van der Waals surface area contributed by atoms with E-state index in [1.807, 2.05) is 0 Å². The lowest BCUT2D eigenvalue weighted by Crippen LogP contribution is -2.27. The molecule has 8 rings (SSSR count). The van der Waals surface area contributed by atoms with E-state index < -0.39 is 104 Å². The highest BCUT2D eigenvalue weighted by Gasteiger charge is 2.26. The van der Waals surface area contributed by atoms with Crippen LogP contribution in [0.25, 0.3) is 21.5 Å². The van der Waals surface area contributed by atoms with Gasteiger partial charge in [-0.3, -0.25) is 22.8 Å². The van der Waals surface area contributed by atoms with Crippen LogP contribution in [0.15, 0.2) is 130 Å². The number of hydrogen-bond donors (Lipinski definition) is 11. The van der Waals surface area contributed by atoms with E-state index in [1.165, 1.54) is 49.6 Å². The molecule has 84 heavy (non-hydrogen) atoms. The molecule has 8 aromatic rings. The molecule has 12 N–H and O–H groups in total. The van der Waals surface area contributed by atoms with Gasteiger partial charge in [-0.2, -0.15) is 82.2 Å². The number of carbonyl (C=O) groups excluding carboxylic acids is 1. The first kappa shape index (κ1) is 61.5. The van der Waals surface area contributed by atoms with Gasteiger partial charge in [0.15, 0.2) is 0 Å². The second-order valence-corrected chi connectivity index (χ2v) is 24.9. The minimum absolute atomic E-state index is 0.00254. The highest BCUT2D eigenvalue weighted by atomic mass is 35.5. The van der Waals surface area contributed by atoms with E-state index in [0.717, 1.165) is 18.2 Å². The van der Waals surface area contributed by atoms with Crippen LogP contribution in [-0.2, 0) is 50.6 Å². The molecular formula is C44H38Cl2N16O17S5. The molecule has 0 bridgehead atoms. The molecule has 2 aromatic heterocycles. The van der Waals surface area contributed by atoms with Crippen molar-refractivity contribution in [2.75, 3.05) is 40.2 Å². The fourth-order valence-corrected chi connectivity index (χ4v) is 11.4. The predicted octanol–water partition coefficient (Wildman–Crippen LogP) is 7.94. The van der Waals surface area contributed by atoms with E-state index in [4.69, 9.17) is 33.7 Å². The van der Waals surface area contributed by atoms with E-state index in [-0.39, 0.29) is 85.9 Å². The van der Waals surface area contributed by atoms with E-state index in [2.05, 4.69) is 76.9 Å². The van der Waals surface area contributed by atoms with Gasteiger partial charge in [0.2, 0.25) is 34.4 Å². The van der Waals surface area contributed by atoms with Crippen LogP contribution in [-0.4, -0.2) is 120 Å². The first-order chi connectivity index (χ1) is 39.1. The lowest BCUT2D eigenvalue weighted by atomic mass is 10.1. The smallest absolute Gasteiger partial charge is 0.316 e. The van der Waals surface area contributed by atoms with Gasteiger partial charge in [0, 0.05) is 40.5 Å². The number of primary amides is 1. The third kappa shape index (κ3) is 14.8. The highest BCUT2D eigenvalue weighted by molar-refractivity contribution is 7.87. The molecule has 0 aliphatic rings. The topological polar surface area (TPSA) is 511 Å². The monoisotopic (exact) mass is 1290 g/mol. The third-order valence-corrected chi connectivity index (χ3v) is 16.0. The lowest BCUT2D eigenvalue weighted by Gasteiger charge is -2.16. The van der Waals surface area contributed by atoms with Gasteiger partial charge in [-0.25, -0.2) is 4.79 Å². The Morgan fingerprint density at radius 3 is 1.81 bits per heavy atom. The Kier molecular flexibility index (Phi) is 17.3. The van der Waals surface area contributed by atoms with Gasteiger partial charge < -0.3 is 37.1 Å². The second-order valence-electron chi connectivity index (χ2n) is 17.3. The van der Waals surface area contributed by atoms with Crippen LogP contribution in [0, 0.1) is 6.92 Å². The number of nitrogens with two attached hydrogens (primary N) is 1. The second kappa shape index (κ2) is 23.6. The third-order valence-electron chi connectivity index (χ3n) is 11.3. The van der Waals surface area contributed by atoms with E-state index in [0.29, 0.717) is 29.4 Å². The molecule has 40 heteroatoms. The maximum atomic E-state index is 12.5. The van der Waals surface area contributed by atoms with Crippen LogP contribution in [0.5, 0.6) is 5.75 Å². The molecule has 0 saturated heterocycles. The van der Waals surface area contributed by atoms with Gasteiger partial charge in [0.25, 0.3) is 50.6 Å². The number of aromatic nitrogens is 6. The van der Waals surface area contributed by atoms with E-state index in [9.17, 15) is 69.6 Å². The van der Waals surface area contributed by atoms with Crippen LogP contribution in [0.3, 0.4) is 0 Å². The number of nitrogens with zero attached hydrogens (tertiary/aromatic N) is 10. The van der Waals surface area contributed by atoms with Crippen molar-refractivity contribution in [2.45, 2.75) is 44.4 Å². The number of rotatable bonds is 20. The molecule has 0 aliphatic carbocycles. The van der Waals surface area contributed by atoms with Crippen molar-refractivity contribution in [2.24, 2.45) is 26.2 Å². The van der Waals surface area contributed by atoms with Crippen molar-refractivity contribution < 1.29 is 74.4 Å². The average Bonchev–Trinajstić information content (AvgIpc) is 1.85. The first-order valence-corrected chi connectivity index (χ1v) is 30.7. The maximum absolute atomic E-state index is 12.5. The number of azo groups is 2. The molecule has 1 atom stereocenters. The molecule has 33 nitrogen and oxygen atoms in total.